The first-order chi connectivity index (χ1) is 18.8. The molecule has 2 aliphatic rings. The van der Waals surface area contributed by atoms with Gasteiger partial charge in [-0.2, -0.15) is 0 Å². The Balaban J connectivity index is 1.36. The van der Waals surface area contributed by atoms with Gasteiger partial charge in [0, 0.05) is 25.0 Å². The van der Waals surface area contributed by atoms with Crippen LogP contribution in [0.5, 0.6) is 5.88 Å². The van der Waals surface area contributed by atoms with Crippen LogP contribution >= 0.6 is 11.3 Å². The summed E-state index contributed by atoms with van der Waals surface area (Å²) in [7, 11) is -1.42. The minimum absolute atomic E-state index is 0.0427. The van der Waals surface area contributed by atoms with Crippen LogP contribution in [0.25, 0.3) is 10.6 Å². The van der Waals surface area contributed by atoms with Gasteiger partial charge in [0.05, 0.1) is 59.8 Å². The lowest BCUT2D eigenvalue weighted by Crippen LogP contribution is -2.45. The van der Waals surface area contributed by atoms with E-state index in [1.165, 1.54) is 17.5 Å². The molecular weight excluding hydrogens is 542 g/mol. The van der Waals surface area contributed by atoms with E-state index in [9.17, 15) is 13.2 Å². The van der Waals surface area contributed by atoms with Crippen molar-refractivity contribution in [2.24, 2.45) is 0 Å². The highest BCUT2D eigenvalue weighted by atomic mass is 32.2. The molecule has 1 amide bonds. The Labute approximate surface area is 231 Å². The van der Waals surface area contributed by atoms with Crippen molar-refractivity contribution < 1.29 is 22.7 Å². The Morgan fingerprint density at radius 1 is 1.28 bits per heavy atom. The maximum Gasteiger partial charge on any atom is 0.280 e. The molecule has 0 spiro atoms. The highest BCUT2D eigenvalue weighted by Crippen LogP contribution is 2.31. The van der Waals surface area contributed by atoms with Crippen molar-refractivity contribution in [2.75, 3.05) is 38.1 Å². The smallest absolute Gasteiger partial charge is 0.280 e. The third-order valence-electron chi connectivity index (χ3n) is 6.55. The Hall–Kier alpha value is -3.20. The summed E-state index contributed by atoms with van der Waals surface area (Å²) >= 11 is 1.20. The second-order valence-corrected chi connectivity index (χ2v) is 12.5. The van der Waals surface area contributed by atoms with Crippen LogP contribution in [-0.4, -0.2) is 83.9 Å². The van der Waals surface area contributed by atoms with Crippen LogP contribution in [0, 0.1) is 0 Å². The van der Waals surface area contributed by atoms with Crippen LogP contribution in [0.2, 0.25) is 0 Å². The molecule has 12 nitrogen and oxygen atoms in total. The molecule has 1 aliphatic carbocycles. The van der Waals surface area contributed by atoms with Gasteiger partial charge < -0.3 is 14.8 Å². The number of carbonyl (C=O) groups is 1. The average Bonchev–Trinajstić information content (AvgIpc) is 3.68. The summed E-state index contributed by atoms with van der Waals surface area (Å²) in [5.74, 6) is 0.0341. The molecule has 1 saturated carbocycles. The Bertz CT molecular complexity index is 1410. The van der Waals surface area contributed by atoms with E-state index in [4.69, 9.17) is 9.47 Å². The summed E-state index contributed by atoms with van der Waals surface area (Å²) < 4.78 is 38.8. The molecule has 3 aromatic rings. The Kier molecular flexibility index (Phi) is 8.35. The van der Waals surface area contributed by atoms with Gasteiger partial charge in [-0.3, -0.25) is 24.4 Å². The highest BCUT2D eigenvalue weighted by Gasteiger charge is 2.36. The molecule has 3 aromatic heterocycles. The van der Waals surface area contributed by atoms with Gasteiger partial charge >= 0.3 is 0 Å². The zero-order chi connectivity index (χ0) is 27.4. The van der Waals surface area contributed by atoms with E-state index >= 15 is 0 Å². The van der Waals surface area contributed by atoms with E-state index in [-0.39, 0.29) is 22.2 Å². The minimum Gasteiger partial charge on any atom is -0.477 e. The predicted octanol–water partition coefficient (Wildman–Crippen LogP) is 2.49. The number of rotatable bonds is 11. The monoisotopic (exact) mass is 573 g/mol. The van der Waals surface area contributed by atoms with Crippen molar-refractivity contribution in [3.63, 3.8) is 0 Å². The lowest BCUT2D eigenvalue weighted by molar-refractivity contribution is -0.000819. The van der Waals surface area contributed by atoms with Gasteiger partial charge in [0.25, 0.3) is 5.91 Å². The normalized spacial score (nSPS) is 18.9. The Morgan fingerprint density at radius 2 is 2.13 bits per heavy atom. The summed E-state index contributed by atoms with van der Waals surface area (Å²) in [6, 6.07) is 2.82. The number of aromatic nitrogens is 4. The number of sulfonamides is 1. The van der Waals surface area contributed by atoms with Crippen LogP contribution < -0.4 is 14.8 Å². The number of nitrogens with one attached hydrogen (secondary N) is 2. The topological polar surface area (TPSA) is 149 Å². The number of hydrogen-bond acceptors (Lipinski definition) is 11. The van der Waals surface area contributed by atoms with E-state index in [1.54, 1.807) is 30.7 Å². The third-order valence-corrected chi connectivity index (χ3v) is 9.44. The molecule has 208 valence electrons. The molecule has 0 aromatic carbocycles. The van der Waals surface area contributed by atoms with Crippen LogP contribution in [0.15, 0.2) is 36.9 Å². The number of carbonyl (C=O) groups excluding carboxylic acids is 1. The first-order valence-corrected chi connectivity index (χ1v) is 15.2. The molecule has 14 heteroatoms. The van der Waals surface area contributed by atoms with Crippen LogP contribution in [0.3, 0.4) is 0 Å². The van der Waals surface area contributed by atoms with Gasteiger partial charge in [-0.05, 0) is 45.4 Å². The second kappa shape index (κ2) is 11.9. The van der Waals surface area contributed by atoms with Crippen LogP contribution in [-0.2, 0) is 14.8 Å². The number of hydrogen-bond donors (Lipinski definition) is 2. The maximum absolute atomic E-state index is 13.4. The molecule has 5 rings (SSSR count). The predicted molar refractivity (Wildman–Crippen MR) is 146 cm³/mol. The fourth-order valence-electron chi connectivity index (χ4n) is 4.24. The summed E-state index contributed by atoms with van der Waals surface area (Å²) in [4.78, 5) is 33.6. The van der Waals surface area contributed by atoms with Crippen molar-refractivity contribution >= 4 is 33.0 Å². The van der Waals surface area contributed by atoms with E-state index in [2.05, 4.69) is 34.9 Å². The largest absolute Gasteiger partial charge is 0.477 e. The van der Waals surface area contributed by atoms with E-state index in [1.807, 2.05) is 14.0 Å². The van der Waals surface area contributed by atoms with Crippen LogP contribution in [0.1, 0.15) is 47.7 Å². The summed E-state index contributed by atoms with van der Waals surface area (Å²) in [6.07, 6.45) is 8.11. The first-order valence-electron chi connectivity index (χ1n) is 12.8. The second-order valence-electron chi connectivity index (χ2n) is 9.49. The zero-order valence-electron chi connectivity index (χ0n) is 21.7. The van der Waals surface area contributed by atoms with Crippen molar-refractivity contribution in [2.45, 2.75) is 43.5 Å². The average molecular weight is 574 g/mol. The van der Waals surface area contributed by atoms with E-state index < -0.39 is 16.1 Å². The molecule has 2 atom stereocenters. The maximum atomic E-state index is 13.4. The molecule has 1 saturated heterocycles. The molecule has 0 radical (unpaired) electrons. The number of thiazole rings is 1. The van der Waals surface area contributed by atoms with Crippen molar-refractivity contribution in [1.82, 2.24) is 30.2 Å². The number of ether oxygens (including phenoxy) is 2. The number of likely N-dealkylation sites (N-methyl/N-ethyl adjacent to an activating group) is 1. The van der Waals surface area contributed by atoms with Gasteiger partial charge in [0.1, 0.15) is 5.69 Å². The number of nitrogens with zero attached hydrogens (tertiary/aromatic N) is 5. The summed E-state index contributed by atoms with van der Waals surface area (Å²) in [6.45, 7) is 4.28. The number of pyridine rings is 1. The number of anilines is 1. The van der Waals surface area contributed by atoms with Gasteiger partial charge in [-0.25, -0.2) is 18.4 Å². The highest BCUT2D eigenvalue weighted by molar-refractivity contribution is 7.93. The lowest BCUT2D eigenvalue weighted by Gasteiger charge is -2.34. The number of amides is 1. The molecule has 4 heterocycles. The standard InChI is InChI=1S/C25H31N7O5S2/c1-3-37-23-14-26-12-21(29-23)22-13-28-25(38-22)24(33)30-20(11-17-15-36-9-8-32(17)2)19-10-16(6-7-27-19)31-39(34,35)18-4-5-18/h6-7,10,12-14,17-18,20H,3-5,8-9,11,15H2,1-2H3,(H,27,31)(H,30,33)/t17?,20-/m1/s1. The molecule has 39 heavy (non-hydrogen) atoms. The quantitative estimate of drug-likeness (QED) is 0.350. The zero-order valence-corrected chi connectivity index (χ0v) is 23.4. The molecule has 1 unspecified atom stereocenters. The Morgan fingerprint density at radius 3 is 2.90 bits per heavy atom. The fraction of sp³-hybridized carbons (Fsp3) is 0.480. The summed E-state index contributed by atoms with van der Waals surface area (Å²) in [5.41, 5.74) is 1.53. The van der Waals surface area contributed by atoms with Gasteiger partial charge in [0.2, 0.25) is 15.9 Å². The van der Waals surface area contributed by atoms with Crippen molar-refractivity contribution in [3.05, 3.63) is 47.6 Å². The minimum atomic E-state index is -3.44. The van der Waals surface area contributed by atoms with E-state index in [0.29, 0.717) is 66.9 Å². The third kappa shape index (κ3) is 6.87. The fourth-order valence-corrected chi connectivity index (χ4v) is 6.39. The first kappa shape index (κ1) is 27.4. The molecular formula is C25H31N7O5S2. The van der Waals surface area contributed by atoms with Gasteiger partial charge in [-0.1, -0.05) is 0 Å². The molecule has 2 N–H and O–H groups in total. The molecule has 1 aliphatic heterocycles. The molecule has 2 fully saturated rings. The van der Waals surface area contributed by atoms with Gasteiger partial charge in [0.15, 0.2) is 5.01 Å². The van der Waals surface area contributed by atoms with Crippen molar-refractivity contribution in [1.29, 1.82) is 0 Å². The summed E-state index contributed by atoms with van der Waals surface area (Å²) in [5, 5.41) is 2.98. The van der Waals surface area contributed by atoms with Crippen LogP contribution in [0.4, 0.5) is 5.69 Å². The van der Waals surface area contributed by atoms with Crippen molar-refractivity contribution in [3.8, 4) is 16.5 Å². The number of morpholine rings is 1. The van der Waals surface area contributed by atoms with Gasteiger partial charge in [-0.15, -0.1) is 11.3 Å². The van der Waals surface area contributed by atoms with E-state index in [0.717, 1.165) is 6.54 Å². The SMILES string of the molecule is CCOc1cncc(-c2cnc(C(=O)N[C@H](CC3COCCN3C)c3cc(NS(=O)(=O)C4CC4)ccn3)s2)n1. The molecule has 0 bridgehead atoms. The lowest BCUT2D eigenvalue weighted by atomic mass is 10.0.